The lowest BCUT2D eigenvalue weighted by atomic mass is 9.80. The molecule has 1 fully saturated rings. The molecule has 43 heavy (non-hydrogen) atoms. The highest BCUT2D eigenvalue weighted by Crippen LogP contribution is 2.44. The summed E-state index contributed by atoms with van der Waals surface area (Å²) < 4.78 is 0. The second kappa shape index (κ2) is 15.2. The number of allylic oxidation sites excluding steroid dienone is 8. The average Bonchev–Trinajstić information content (AvgIpc) is 3.44. The zero-order chi connectivity index (χ0) is 30.8. The van der Waals surface area contributed by atoms with Crippen LogP contribution in [-0.2, 0) is 6.42 Å². The van der Waals surface area contributed by atoms with E-state index in [1.807, 2.05) is 0 Å². The van der Waals surface area contributed by atoms with E-state index in [1.165, 1.54) is 81.3 Å². The number of aryl methyl sites for hydroxylation is 2. The Labute approximate surface area is 262 Å². The fourth-order valence-electron chi connectivity index (χ4n) is 6.83. The van der Waals surface area contributed by atoms with Gasteiger partial charge in [-0.3, -0.25) is 0 Å². The fraction of sp³-hybridized carbons (Fsp3) is 0.349. The van der Waals surface area contributed by atoms with Crippen LogP contribution in [0.25, 0.3) is 22.8 Å². The summed E-state index contributed by atoms with van der Waals surface area (Å²) in [6.07, 6.45) is 21.3. The summed E-state index contributed by atoms with van der Waals surface area (Å²) in [6.45, 7) is 18.3. The lowest BCUT2D eigenvalue weighted by molar-refractivity contribution is 0.336. The summed E-state index contributed by atoms with van der Waals surface area (Å²) in [5.74, 6) is 0. The molecule has 0 aliphatic heterocycles. The highest BCUT2D eigenvalue weighted by atomic mass is 14.3. The van der Waals surface area contributed by atoms with Crippen molar-refractivity contribution in [1.82, 2.24) is 0 Å². The Balaban J connectivity index is 1.71. The lowest BCUT2D eigenvalue weighted by Gasteiger charge is -2.25. The predicted molar refractivity (Wildman–Crippen MR) is 192 cm³/mol. The van der Waals surface area contributed by atoms with E-state index in [2.05, 4.69) is 145 Å². The molecule has 0 radical (unpaired) electrons. The molecule has 3 aromatic carbocycles. The molecular weight excluding hydrogens is 516 g/mol. The van der Waals surface area contributed by atoms with E-state index in [4.69, 9.17) is 0 Å². The van der Waals surface area contributed by atoms with E-state index in [-0.39, 0.29) is 0 Å². The van der Waals surface area contributed by atoms with Crippen molar-refractivity contribution in [2.24, 2.45) is 5.41 Å². The summed E-state index contributed by atoms with van der Waals surface area (Å²) >= 11 is 0. The Hall–Kier alpha value is -3.64. The number of rotatable bonds is 12. The largest absolute Gasteiger partial charge is 0.0911 e. The summed E-state index contributed by atoms with van der Waals surface area (Å²) in [7, 11) is 0. The van der Waals surface area contributed by atoms with E-state index < -0.39 is 0 Å². The summed E-state index contributed by atoms with van der Waals surface area (Å²) in [4.78, 5) is 0. The fourth-order valence-corrected chi connectivity index (χ4v) is 6.83. The normalized spacial score (nSPS) is 15.8. The summed E-state index contributed by atoms with van der Waals surface area (Å²) in [6, 6.07) is 24.2. The van der Waals surface area contributed by atoms with Gasteiger partial charge in [0.1, 0.15) is 0 Å². The second-order valence-electron chi connectivity index (χ2n) is 12.7. The molecule has 0 atom stereocenters. The smallest absolute Gasteiger partial charge is 0.0155 e. The Morgan fingerprint density at radius 1 is 0.814 bits per heavy atom. The van der Waals surface area contributed by atoms with E-state index in [9.17, 15) is 0 Å². The number of hydrogen-bond donors (Lipinski definition) is 0. The van der Waals surface area contributed by atoms with Crippen molar-refractivity contribution in [3.05, 3.63) is 142 Å². The zero-order valence-electron chi connectivity index (χ0n) is 27.6. The highest BCUT2D eigenvalue weighted by Gasteiger charge is 2.29. The maximum atomic E-state index is 4.65. The molecule has 0 amide bonds. The van der Waals surface area contributed by atoms with Crippen LogP contribution in [0.3, 0.4) is 0 Å². The maximum Gasteiger partial charge on any atom is -0.0155 e. The molecule has 1 saturated carbocycles. The van der Waals surface area contributed by atoms with Crippen LogP contribution in [-0.4, -0.2) is 0 Å². The van der Waals surface area contributed by atoms with Gasteiger partial charge in [0.25, 0.3) is 0 Å². The van der Waals surface area contributed by atoms with Gasteiger partial charge in [-0.2, -0.15) is 0 Å². The minimum atomic E-state index is 0.364. The molecule has 0 aromatic heterocycles. The van der Waals surface area contributed by atoms with Gasteiger partial charge >= 0.3 is 0 Å². The van der Waals surface area contributed by atoms with Crippen LogP contribution in [0.5, 0.6) is 0 Å². The first kappa shape index (κ1) is 32.3. The van der Waals surface area contributed by atoms with Crippen LogP contribution in [0.15, 0.2) is 103 Å². The van der Waals surface area contributed by atoms with Gasteiger partial charge in [-0.05, 0) is 119 Å². The molecule has 0 heterocycles. The van der Waals surface area contributed by atoms with E-state index in [0.29, 0.717) is 5.41 Å². The predicted octanol–water partition coefficient (Wildman–Crippen LogP) is 12.8. The number of hydrogen-bond acceptors (Lipinski definition) is 0. The van der Waals surface area contributed by atoms with Crippen molar-refractivity contribution in [1.29, 1.82) is 0 Å². The van der Waals surface area contributed by atoms with Crippen LogP contribution in [0, 0.1) is 19.3 Å². The van der Waals surface area contributed by atoms with Crippen LogP contribution < -0.4 is 0 Å². The summed E-state index contributed by atoms with van der Waals surface area (Å²) in [5, 5.41) is 0. The molecule has 0 heteroatoms. The van der Waals surface area contributed by atoms with Gasteiger partial charge in [0.2, 0.25) is 0 Å². The first-order chi connectivity index (χ1) is 20.8. The van der Waals surface area contributed by atoms with Gasteiger partial charge in [0, 0.05) is 0 Å². The molecule has 0 bridgehead atoms. The molecule has 0 saturated heterocycles. The minimum absolute atomic E-state index is 0.364. The van der Waals surface area contributed by atoms with Gasteiger partial charge in [0.15, 0.2) is 0 Å². The standard InChI is InChI=1S/C43H52/c1-8-18-39(41-22-13-11-19-32(41)4)26-25-38-21-17-24-40(34(38)6)33(5)29-35(31-43(7)27-15-16-28-43)30-37(10-3)42-23-14-12-20-36(42)9-2/h11-14,17-26,29-30H,5,8-10,15-16,27-28,31H2,1-4,6-7H3/b26-25-,35-29+,37-30+,39-18-. The van der Waals surface area contributed by atoms with Gasteiger partial charge in [-0.15, -0.1) is 0 Å². The molecule has 1 aliphatic carbocycles. The monoisotopic (exact) mass is 568 g/mol. The molecule has 0 N–H and O–H groups in total. The van der Waals surface area contributed by atoms with Gasteiger partial charge in [0.05, 0.1) is 0 Å². The van der Waals surface area contributed by atoms with Gasteiger partial charge in [-0.25, -0.2) is 0 Å². The van der Waals surface area contributed by atoms with E-state index >= 15 is 0 Å². The van der Waals surface area contributed by atoms with Crippen LogP contribution in [0.1, 0.15) is 112 Å². The van der Waals surface area contributed by atoms with Crippen LogP contribution >= 0.6 is 0 Å². The first-order valence-corrected chi connectivity index (χ1v) is 16.5. The lowest BCUT2D eigenvalue weighted by Crippen LogP contribution is -2.11. The van der Waals surface area contributed by atoms with Crippen LogP contribution in [0.4, 0.5) is 0 Å². The third kappa shape index (κ3) is 8.26. The van der Waals surface area contributed by atoms with Crippen molar-refractivity contribution in [3.8, 4) is 0 Å². The van der Waals surface area contributed by atoms with Crippen molar-refractivity contribution >= 4 is 22.8 Å². The van der Waals surface area contributed by atoms with Crippen molar-refractivity contribution in [2.45, 2.75) is 92.9 Å². The third-order valence-electron chi connectivity index (χ3n) is 9.33. The minimum Gasteiger partial charge on any atom is -0.0911 e. The van der Waals surface area contributed by atoms with Gasteiger partial charge < -0.3 is 0 Å². The van der Waals surface area contributed by atoms with Gasteiger partial charge in [-0.1, -0.05) is 144 Å². The Morgan fingerprint density at radius 2 is 1.49 bits per heavy atom. The molecular formula is C43H52. The Bertz CT molecular complexity index is 1530. The molecule has 3 aromatic rings. The quantitative estimate of drug-likeness (QED) is 0.191. The SMILES string of the molecule is C=C(/C=C(\C=C(/CC)c1ccccc1CC)CC1(C)CCCC1)c1cccc(/C=C\C(=C\CC)c2ccccc2C)c1C. The second-order valence-corrected chi connectivity index (χ2v) is 12.7. The molecule has 1 aliphatic rings. The number of benzene rings is 3. The van der Waals surface area contributed by atoms with Crippen molar-refractivity contribution in [3.63, 3.8) is 0 Å². The molecule has 0 nitrogen and oxygen atoms in total. The third-order valence-corrected chi connectivity index (χ3v) is 9.33. The van der Waals surface area contributed by atoms with Crippen molar-refractivity contribution in [2.75, 3.05) is 0 Å². The average molecular weight is 569 g/mol. The topological polar surface area (TPSA) is 0 Å². The van der Waals surface area contributed by atoms with E-state index in [1.54, 1.807) is 0 Å². The zero-order valence-corrected chi connectivity index (χ0v) is 27.6. The molecule has 4 rings (SSSR count). The molecule has 224 valence electrons. The summed E-state index contributed by atoms with van der Waals surface area (Å²) in [5.41, 5.74) is 14.8. The molecule has 0 unspecified atom stereocenters. The maximum absolute atomic E-state index is 4.65. The van der Waals surface area contributed by atoms with Crippen molar-refractivity contribution < 1.29 is 0 Å². The highest BCUT2D eigenvalue weighted by molar-refractivity contribution is 5.83. The first-order valence-electron chi connectivity index (χ1n) is 16.5. The van der Waals surface area contributed by atoms with Crippen LogP contribution in [0.2, 0.25) is 0 Å². The Kier molecular flexibility index (Phi) is 11.4. The Morgan fingerprint density at radius 3 is 2.16 bits per heavy atom. The van der Waals surface area contributed by atoms with E-state index in [0.717, 1.165) is 31.3 Å². The molecule has 0 spiro atoms.